The van der Waals surface area contributed by atoms with Crippen LogP contribution in [0.1, 0.15) is 15.2 Å². The van der Waals surface area contributed by atoms with Gasteiger partial charge in [0, 0.05) is 11.4 Å². The Morgan fingerprint density at radius 3 is 2.59 bits per heavy atom. The lowest BCUT2D eigenvalue weighted by Crippen LogP contribution is -2.28. The van der Waals surface area contributed by atoms with Crippen molar-refractivity contribution in [2.75, 3.05) is 10.6 Å². The maximum atomic E-state index is 13.3. The highest BCUT2D eigenvalue weighted by atomic mass is 35.5. The van der Waals surface area contributed by atoms with Crippen molar-refractivity contribution in [1.29, 1.82) is 0 Å². The number of anilines is 2. The quantitative estimate of drug-likeness (QED) is 0.450. The van der Waals surface area contributed by atoms with Crippen LogP contribution in [0.2, 0.25) is 5.02 Å². The summed E-state index contributed by atoms with van der Waals surface area (Å²) in [5.41, 5.74) is 0.998. The van der Waals surface area contributed by atoms with Crippen molar-refractivity contribution in [1.82, 2.24) is 9.55 Å². The zero-order valence-electron chi connectivity index (χ0n) is 16.7. The third kappa shape index (κ3) is 4.39. The van der Waals surface area contributed by atoms with E-state index in [4.69, 9.17) is 11.6 Å². The minimum absolute atomic E-state index is 0.127. The molecule has 4 aromatic rings. The number of carbonyl (C=O) groups is 2. The molecule has 32 heavy (non-hydrogen) atoms. The summed E-state index contributed by atoms with van der Waals surface area (Å²) < 4.78 is 14.4. The number of hydrogen-bond donors (Lipinski definition) is 2. The number of rotatable bonds is 5. The molecule has 0 fully saturated rings. The summed E-state index contributed by atoms with van der Waals surface area (Å²) in [6.45, 7) is 1.37. The van der Waals surface area contributed by atoms with Crippen molar-refractivity contribution < 1.29 is 14.0 Å². The van der Waals surface area contributed by atoms with Crippen LogP contribution < -0.4 is 16.2 Å². The number of carbonyl (C=O) groups excluding carboxylic acids is 2. The Hall–Kier alpha value is -3.56. The predicted octanol–water partition coefficient (Wildman–Crippen LogP) is 4.45. The lowest BCUT2D eigenvalue weighted by Gasteiger charge is -2.08. The average molecular weight is 471 g/mol. The van der Waals surface area contributed by atoms with Crippen LogP contribution in [0.15, 0.2) is 59.7 Å². The van der Waals surface area contributed by atoms with E-state index in [9.17, 15) is 18.8 Å². The molecule has 7 nitrogen and oxygen atoms in total. The van der Waals surface area contributed by atoms with E-state index in [1.54, 1.807) is 31.2 Å². The Labute approximate surface area is 190 Å². The van der Waals surface area contributed by atoms with Crippen molar-refractivity contribution in [3.8, 4) is 0 Å². The Bertz CT molecular complexity index is 1400. The molecule has 162 valence electrons. The second-order valence-corrected chi connectivity index (χ2v) is 8.32. The van der Waals surface area contributed by atoms with E-state index in [-0.39, 0.29) is 22.9 Å². The van der Waals surface area contributed by atoms with E-state index in [1.165, 1.54) is 18.5 Å². The van der Waals surface area contributed by atoms with Gasteiger partial charge < -0.3 is 10.6 Å². The van der Waals surface area contributed by atoms with Crippen molar-refractivity contribution >= 4 is 56.3 Å². The van der Waals surface area contributed by atoms with Gasteiger partial charge in [0.05, 0.1) is 21.6 Å². The predicted molar refractivity (Wildman–Crippen MR) is 123 cm³/mol. The van der Waals surface area contributed by atoms with E-state index in [0.29, 0.717) is 26.6 Å². The van der Waals surface area contributed by atoms with Gasteiger partial charge in [0.15, 0.2) is 0 Å². The molecule has 2 aromatic carbocycles. The van der Waals surface area contributed by atoms with Crippen LogP contribution in [0.25, 0.3) is 10.2 Å². The minimum atomic E-state index is -0.601. The highest BCUT2D eigenvalue weighted by Gasteiger charge is 2.20. The summed E-state index contributed by atoms with van der Waals surface area (Å²) in [5, 5.41) is 5.51. The monoisotopic (exact) mass is 470 g/mol. The number of fused-ring (bicyclic) bond motifs is 1. The molecule has 0 radical (unpaired) electrons. The molecule has 0 atom stereocenters. The summed E-state index contributed by atoms with van der Waals surface area (Å²) >= 11 is 6.83. The van der Waals surface area contributed by atoms with Crippen LogP contribution in [0.5, 0.6) is 0 Å². The van der Waals surface area contributed by atoms with Gasteiger partial charge >= 0.3 is 0 Å². The Kier molecular flexibility index (Phi) is 6.02. The third-order valence-electron chi connectivity index (χ3n) is 4.67. The molecule has 2 N–H and O–H groups in total. The minimum Gasteiger partial charge on any atom is -0.324 e. The first-order valence-electron chi connectivity index (χ1n) is 9.43. The first kappa shape index (κ1) is 21.7. The molecular formula is C22H16ClFN4O3S. The normalized spacial score (nSPS) is 10.8. The van der Waals surface area contributed by atoms with Gasteiger partial charge in [-0.25, -0.2) is 9.37 Å². The second-order valence-electron chi connectivity index (χ2n) is 6.91. The first-order valence-corrected chi connectivity index (χ1v) is 10.6. The van der Waals surface area contributed by atoms with Gasteiger partial charge in [0.1, 0.15) is 17.2 Å². The number of para-hydroxylation sites is 1. The van der Waals surface area contributed by atoms with Crippen molar-refractivity contribution in [3.05, 3.63) is 86.5 Å². The van der Waals surface area contributed by atoms with Gasteiger partial charge in [-0.05, 0) is 42.8 Å². The molecule has 0 bridgehead atoms. The van der Waals surface area contributed by atoms with Crippen molar-refractivity contribution in [2.24, 2.45) is 0 Å². The molecule has 0 saturated heterocycles. The molecule has 10 heteroatoms. The second kappa shape index (κ2) is 8.89. The zero-order chi connectivity index (χ0) is 22.8. The SMILES string of the molecule is Cc1c(C(=O)Nc2ccccc2)sc2ncn(CC(=O)Nc3ccc(F)c(Cl)c3)c(=O)c12. The molecular weight excluding hydrogens is 455 g/mol. The van der Waals surface area contributed by atoms with Gasteiger partial charge in [-0.1, -0.05) is 29.8 Å². The molecule has 4 rings (SSSR count). The summed E-state index contributed by atoms with van der Waals surface area (Å²) in [5.74, 6) is -1.45. The van der Waals surface area contributed by atoms with Gasteiger partial charge in [-0.3, -0.25) is 19.0 Å². The molecule has 0 aliphatic rings. The van der Waals surface area contributed by atoms with Crippen LogP contribution in [-0.2, 0) is 11.3 Å². The largest absolute Gasteiger partial charge is 0.324 e. The average Bonchev–Trinajstić information content (AvgIpc) is 3.11. The fourth-order valence-electron chi connectivity index (χ4n) is 3.13. The molecule has 0 aliphatic carbocycles. The number of benzene rings is 2. The number of nitrogens with zero attached hydrogens (tertiary/aromatic N) is 2. The van der Waals surface area contributed by atoms with Gasteiger partial charge in [0.2, 0.25) is 5.91 Å². The van der Waals surface area contributed by atoms with E-state index in [2.05, 4.69) is 15.6 Å². The Balaban J connectivity index is 1.57. The highest BCUT2D eigenvalue weighted by Crippen LogP contribution is 2.27. The number of hydrogen-bond acceptors (Lipinski definition) is 5. The van der Waals surface area contributed by atoms with Gasteiger partial charge in [-0.2, -0.15) is 0 Å². The summed E-state index contributed by atoms with van der Waals surface area (Å²) in [6, 6.07) is 12.8. The van der Waals surface area contributed by atoms with Gasteiger partial charge in [-0.15, -0.1) is 11.3 Å². The van der Waals surface area contributed by atoms with Crippen LogP contribution in [0, 0.1) is 12.7 Å². The maximum absolute atomic E-state index is 13.3. The summed E-state index contributed by atoms with van der Waals surface area (Å²) in [7, 11) is 0. The molecule has 2 heterocycles. The number of aryl methyl sites for hydroxylation is 1. The molecule has 0 aliphatic heterocycles. The van der Waals surface area contributed by atoms with E-state index in [0.717, 1.165) is 22.0 Å². The van der Waals surface area contributed by atoms with Crippen LogP contribution in [-0.4, -0.2) is 21.4 Å². The van der Waals surface area contributed by atoms with Crippen LogP contribution in [0.4, 0.5) is 15.8 Å². The first-order chi connectivity index (χ1) is 15.3. The van der Waals surface area contributed by atoms with Crippen molar-refractivity contribution in [3.63, 3.8) is 0 Å². The number of aromatic nitrogens is 2. The molecule has 2 aromatic heterocycles. The Morgan fingerprint density at radius 1 is 1.12 bits per heavy atom. The fraction of sp³-hybridized carbons (Fsp3) is 0.0909. The van der Waals surface area contributed by atoms with Crippen LogP contribution in [0.3, 0.4) is 0 Å². The fourth-order valence-corrected chi connectivity index (χ4v) is 4.34. The topological polar surface area (TPSA) is 93.1 Å². The third-order valence-corrected chi connectivity index (χ3v) is 6.16. The maximum Gasteiger partial charge on any atom is 0.266 e. The molecule has 0 unspecified atom stereocenters. The highest BCUT2D eigenvalue weighted by molar-refractivity contribution is 7.20. The smallest absolute Gasteiger partial charge is 0.266 e. The van der Waals surface area contributed by atoms with E-state index >= 15 is 0 Å². The lowest BCUT2D eigenvalue weighted by atomic mass is 10.2. The summed E-state index contributed by atoms with van der Waals surface area (Å²) in [6.07, 6.45) is 1.26. The summed E-state index contributed by atoms with van der Waals surface area (Å²) in [4.78, 5) is 43.1. The molecule has 0 spiro atoms. The number of amides is 2. The van der Waals surface area contributed by atoms with E-state index < -0.39 is 17.3 Å². The van der Waals surface area contributed by atoms with E-state index in [1.807, 2.05) is 6.07 Å². The number of halogens is 2. The Morgan fingerprint density at radius 2 is 1.88 bits per heavy atom. The van der Waals surface area contributed by atoms with Crippen molar-refractivity contribution in [2.45, 2.75) is 13.5 Å². The van der Waals surface area contributed by atoms with Gasteiger partial charge in [0.25, 0.3) is 11.5 Å². The number of thiophene rings is 1. The zero-order valence-corrected chi connectivity index (χ0v) is 18.3. The molecule has 0 saturated carbocycles. The lowest BCUT2D eigenvalue weighted by molar-refractivity contribution is -0.116. The standard InChI is InChI=1S/C22H16ClFN4O3S/c1-12-18-21(32-19(12)20(30)27-13-5-3-2-4-6-13)25-11-28(22(18)31)10-17(29)26-14-7-8-16(24)15(23)9-14/h2-9,11H,10H2,1H3,(H,26,29)(H,27,30). The van der Waals surface area contributed by atoms with Crippen LogP contribution >= 0.6 is 22.9 Å². The number of nitrogens with one attached hydrogen (secondary N) is 2. The molecule has 2 amide bonds.